The van der Waals surface area contributed by atoms with Crippen molar-refractivity contribution in [1.82, 2.24) is 10.3 Å². The third-order valence-electron chi connectivity index (χ3n) is 2.85. The highest BCUT2D eigenvalue weighted by atomic mass is 35.5. The summed E-state index contributed by atoms with van der Waals surface area (Å²) < 4.78 is 5.54. The third-order valence-corrected chi connectivity index (χ3v) is 3.08. The van der Waals surface area contributed by atoms with Crippen LogP contribution in [-0.4, -0.2) is 24.0 Å². The molecule has 2 aromatic rings. The van der Waals surface area contributed by atoms with E-state index in [1.54, 1.807) is 12.1 Å². The Morgan fingerprint density at radius 1 is 1.19 bits per heavy atom. The van der Waals surface area contributed by atoms with E-state index >= 15 is 0 Å². The van der Waals surface area contributed by atoms with Gasteiger partial charge in [0.1, 0.15) is 5.15 Å². The van der Waals surface area contributed by atoms with Crippen molar-refractivity contribution in [3.05, 3.63) is 64.9 Å². The number of rotatable bonds is 7. The van der Waals surface area contributed by atoms with Crippen LogP contribution in [0, 0.1) is 0 Å². The Bertz CT molecular complexity index is 558. The van der Waals surface area contributed by atoms with Gasteiger partial charge in [0.05, 0.1) is 12.2 Å². The van der Waals surface area contributed by atoms with Crippen LogP contribution in [0.4, 0.5) is 0 Å². The summed E-state index contributed by atoms with van der Waals surface area (Å²) >= 11 is 5.67. The fraction of sp³-hybridized carbons (Fsp3) is 0.250. The van der Waals surface area contributed by atoms with E-state index in [4.69, 9.17) is 16.3 Å². The van der Waals surface area contributed by atoms with Crippen LogP contribution in [0.5, 0.6) is 0 Å². The van der Waals surface area contributed by atoms with Crippen molar-refractivity contribution in [2.75, 3.05) is 13.2 Å². The molecule has 1 aromatic carbocycles. The smallest absolute Gasteiger partial charge is 0.252 e. The second kappa shape index (κ2) is 8.39. The highest BCUT2D eigenvalue weighted by molar-refractivity contribution is 6.29. The van der Waals surface area contributed by atoms with Gasteiger partial charge < -0.3 is 10.1 Å². The van der Waals surface area contributed by atoms with Crippen molar-refractivity contribution in [2.45, 2.75) is 13.0 Å². The SMILES string of the molecule is O=C(NCCCOCc1ccccc1)c1ccc(Cl)nc1. The van der Waals surface area contributed by atoms with Crippen LogP contribution in [0.1, 0.15) is 22.3 Å². The number of nitrogens with one attached hydrogen (secondary N) is 1. The van der Waals surface area contributed by atoms with Gasteiger partial charge in [-0.3, -0.25) is 4.79 Å². The minimum atomic E-state index is -0.151. The monoisotopic (exact) mass is 304 g/mol. The molecule has 110 valence electrons. The van der Waals surface area contributed by atoms with E-state index in [1.165, 1.54) is 6.20 Å². The Hall–Kier alpha value is -1.91. The van der Waals surface area contributed by atoms with Crippen LogP contribution in [0.15, 0.2) is 48.7 Å². The lowest BCUT2D eigenvalue weighted by atomic mass is 10.2. The number of ether oxygens (including phenoxy) is 1. The van der Waals surface area contributed by atoms with Crippen LogP contribution in [0.2, 0.25) is 5.15 Å². The molecule has 5 heteroatoms. The lowest BCUT2D eigenvalue weighted by Gasteiger charge is -2.06. The summed E-state index contributed by atoms with van der Waals surface area (Å²) in [5, 5.41) is 3.19. The highest BCUT2D eigenvalue weighted by Gasteiger charge is 2.04. The zero-order chi connectivity index (χ0) is 14.9. The maximum atomic E-state index is 11.8. The minimum absolute atomic E-state index is 0.151. The summed E-state index contributed by atoms with van der Waals surface area (Å²) in [6.45, 7) is 1.76. The molecule has 1 amide bonds. The molecular formula is C16H17ClN2O2. The predicted molar refractivity (Wildman–Crippen MR) is 82.3 cm³/mol. The zero-order valence-corrected chi connectivity index (χ0v) is 12.3. The highest BCUT2D eigenvalue weighted by Crippen LogP contribution is 2.05. The summed E-state index contributed by atoms with van der Waals surface area (Å²) in [4.78, 5) is 15.6. The van der Waals surface area contributed by atoms with E-state index in [9.17, 15) is 4.79 Å². The van der Waals surface area contributed by atoms with E-state index in [1.807, 2.05) is 30.3 Å². The number of nitrogens with zero attached hydrogens (tertiary/aromatic N) is 1. The summed E-state index contributed by atoms with van der Waals surface area (Å²) in [6, 6.07) is 13.2. The summed E-state index contributed by atoms with van der Waals surface area (Å²) in [5.41, 5.74) is 1.65. The molecule has 4 nitrogen and oxygen atoms in total. The molecule has 0 spiro atoms. The normalized spacial score (nSPS) is 10.3. The standard InChI is InChI=1S/C16H17ClN2O2/c17-15-8-7-14(11-19-15)16(20)18-9-4-10-21-12-13-5-2-1-3-6-13/h1-3,5-8,11H,4,9-10,12H2,(H,18,20). The van der Waals surface area contributed by atoms with Gasteiger partial charge in [-0.1, -0.05) is 41.9 Å². The van der Waals surface area contributed by atoms with E-state index < -0.39 is 0 Å². The number of pyridine rings is 1. The molecule has 0 saturated carbocycles. The van der Waals surface area contributed by atoms with Crippen LogP contribution in [-0.2, 0) is 11.3 Å². The molecule has 0 fully saturated rings. The van der Waals surface area contributed by atoms with E-state index in [0.717, 1.165) is 12.0 Å². The Morgan fingerprint density at radius 3 is 2.71 bits per heavy atom. The van der Waals surface area contributed by atoms with Crippen LogP contribution in [0.25, 0.3) is 0 Å². The molecule has 0 bridgehead atoms. The van der Waals surface area contributed by atoms with Gasteiger partial charge in [-0.05, 0) is 24.1 Å². The third kappa shape index (κ3) is 5.53. The lowest BCUT2D eigenvalue weighted by molar-refractivity contribution is 0.0934. The fourth-order valence-corrected chi connectivity index (χ4v) is 1.86. The predicted octanol–water partition coefficient (Wildman–Crippen LogP) is 3.07. The van der Waals surface area contributed by atoms with Crippen LogP contribution >= 0.6 is 11.6 Å². The number of carbonyl (C=O) groups is 1. The number of aromatic nitrogens is 1. The molecule has 0 radical (unpaired) electrons. The van der Waals surface area contributed by atoms with Crippen molar-refractivity contribution in [1.29, 1.82) is 0 Å². The first-order valence-electron chi connectivity index (χ1n) is 6.77. The molecule has 1 aromatic heterocycles. The average Bonchev–Trinajstić information content (AvgIpc) is 2.52. The average molecular weight is 305 g/mol. The number of hydrogen-bond donors (Lipinski definition) is 1. The van der Waals surface area contributed by atoms with Crippen LogP contribution in [0.3, 0.4) is 0 Å². The second-order valence-corrected chi connectivity index (χ2v) is 4.90. The first-order chi connectivity index (χ1) is 10.3. The van der Waals surface area contributed by atoms with E-state index in [-0.39, 0.29) is 5.91 Å². The molecule has 1 N–H and O–H groups in total. The van der Waals surface area contributed by atoms with Crippen molar-refractivity contribution >= 4 is 17.5 Å². The Balaban J connectivity index is 1.59. The molecule has 1 heterocycles. The van der Waals surface area contributed by atoms with Gasteiger partial charge in [-0.25, -0.2) is 4.98 Å². The number of amides is 1. The first-order valence-corrected chi connectivity index (χ1v) is 7.15. The Kier molecular flexibility index (Phi) is 6.19. The first kappa shape index (κ1) is 15.5. The van der Waals surface area contributed by atoms with Gasteiger partial charge in [0.2, 0.25) is 0 Å². The van der Waals surface area contributed by atoms with Crippen molar-refractivity contribution in [3.8, 4) is 0 Å². The number of halogens is 1. The summed E-state index contributed by atoms with van der Waals surface area (Å²) in [5.74, 6) is -0.151. The molecule has 0 saturated heterocycles. The Labute approximate surface area is 129 Å². The molecule has 2 rings (SSSR count). The molecule has 0 aliphatic carbocycles. The van der Waals surface area contributed by atoms with Gasteiger partial charge in [0.25, 0.3) is 5.91 Å². The number of benzene rings is 1. The second-order valence-electron chi connectivity index (χ2n) is 4.52. The maximum absolute atomic E-state index is 11.8. The lowest BCUT2D eigenvalue weighted by Crippen LogP contribution is -2.25. The van der Waals surface area contributed by atoms with E-state index in [0.29, 0.717) is 30.5 Å². The van der Waals surface area contributed by atoms with Crippen molar-refractivity contribution in [2.24, 2.45) is 0 Å². The minimum Gasteiger partial charge on any atom is -0.377 e. The molecule has 21 heavy (non-hydrogen) atoms. The van der Waals surface area contributed by atoms with Gasteiger partial charge in [0, 0.05) is 19.3 Å². The van der Waals surface area contributed by atoms with Crippen molar-refractivity contribution in [3.63, 3.8) is 0 Å². The molecular weight excluding hydrogens is 288 g/mol. The van der Waals surface area contributed by atoms with Gasteiger partial charge in [-0.15, -0.1) is 0 Å². The Morgan fingerprint density at radius 2 is 2.00 bits per heavy atom. The maximum Gasteiger partial charge on any atom is 0.252 e. The largest absolute Gasteiger partial charge is 0.377 e. The fourth-order valence-electron chi connectivity index (χ4n) is 1.75. The molecule has 0 unspecified atom stereocenters. The summed E-state index contributed by atoms with van der Waals surface area (Å²) in [7, 11) is 0. The van der Waals surface area contributed by atoms with Gasteiger partial charge in [0.15, 0.2) is 0 Å². The van der Waals surface area contributed by atoms with Crippen LogP contribution < -0.4 is 5.32 Å². The zero-order valence-electron chi connectivity index (χ0n) is 11.6. The summed E-state index contributed by atoms with van der Waals surface area (Å²) in [6.07, 6.45) is 2.23. The van der Waals surface area contributed by atoms with Gasteiger partial charge in [-0.2, -0.15) is 0 Å². The number of hydrogen-bond acceptors (Lipinski definition) is 3. The molecule has 0 aliphatic heterocycles. The quantitative estimate of drug-likeness (QED) is 0.632. The van der Waals surface area contributed by atoms with Crippen molar-refractivity contribution < 1.29 is 9.53 Å². The topological polar surface area (TPSA) is 51.2 Å². The van der Waals surface area contributed by atoms with E-state index in [2.05, 4.69) is 10.3 Å². The van der Waals surface area contributed by atoms with Gasteiger partial charge >= 0.3 is 0 Å². The molecule has 0 atom stereocenters. The number of carbonyl (C=O) groups excluding carboxylic acids is 1. The molecule has 0 aliphatic rings.